The van der Waals surface area contributed by atoms with Crippen LogP contribution in [0.4, 0.5) is 0 Å². The number of hydrogen-bond donors (Lipinski definition) is 1. The molecule has 102 valence electrons. The summed E-state index contributed by atoms with van der Waals surface area (Å²) in [7, 11) is 0. The van der Waals surface area contributed by atoms with Crippen molar-refractivity contribution in [1.82, 2.24) is 10.1 Å². The summed E-state index contributed by atoms with van der Waals surface area (Å²) in [4.78, 5) is 4.25. The number of rotatable bonds is 5. The average Bonchev–Trinajstić information content (AvgIpc) is 2.87. The van der Waals surface area contributed by atoms with E-state index in [1.807, 2.05) is 6.92 Å². The standard InChI is InChI=1S/C13H16ClN3O2/c1-3-6-18-11-5-4-9(14)7-10(11)12-16-13(8(2)15)19-17-12/h4-5,7-8H,3,6,15H2,1-2H3/t8-/m1/s1. The maximum Gasteiger partial charge on any atom is 0.243 e. The van der Waals surface area contributed by atoms with Crippen molar-refractivity contribution in [2.75, 3.05) is 6.61 Å². The van der Waals surface area contributed by atoms with Crippen LogP contribution in [0.2, 0.25) is 5.02 Å². The lowest BCUT2D eigenvalue weighted by atomic mass is 10.2. The number of ether oxygens (including phenoxy) is 1. The van der Waals surface area contributed by atoms with Gasteiger partial charge >= 0.3 is 0 Å². The second kappa shape index (κ2) is 6.04. The minimum atomic E-state index is -0.305. The molecule has 0 unspecified atom stereocenters. The largest absolute Gasteiger partial charge is 0.493 e. The Bertz CT molecular complexity index is 555. The minimum absolute atomic E-state index is 0.305. The number of nitrogens with two attached hydrogens (primary N) is 1. The van der Waals surface area contributed by atoms with E-state index in [4.69, 9.17) is 26.6 Å². The van der Waals surface area contributed by atoms with Gasteiger partial charge in [-0.1, -0.05) is 23.7 Å². The highest BCUT2D eigenvalue weighted by Crippen LogP contribution is 2.31. The van der Waals surface area contributed by atoms with Gasteiger partial charge in [0.1, 0.15) is 5.75 Å². The van der Waals surface area contributed by atoms with Crippen LogP contribution in [-0.2, 0) is 0 Å². The molecule has 0 saturated carbocycles. The summed E-state index contributed by atoms with van der Waals surface area (Å²) in [5.74, 6) is 1.50. The molecule has 0 saturated heterocycles. The molecule has 0 radical (unpaired) electrons. The van der Waals surface area contributed by atoms with Crippen LogP contribution in [0.3, 0.4) is 0 Å². The van der Waals surface area contributed by atoms with Gasteiger partial charge in [0.15, 0.2) is 0 Å². The van der Waals surface area contributed by atoms with Crippen LogP contribution >= 0.6 is 11.6 Å². The zero-order chi connectivity index (χ0) is 13.8. The van der Waals surface area contributed by atoms with Crippen molar-refractivity contribution >= 4 is 11.6 Å². The third kappa shape index (κ3) is 3.24. The Kier molecular flexibility index (Phi) is 4.39. The highest BCUT2D eigenvalue weighted by molar-refractivity contribution is 6.30. The van der Waals surface area contributed by atoms with Crippen molar-refractivity contribution in [2.45, 2.75) is 26.3 Å². The van der Waals surface area contributed by atoms with Crippen molar-refractivity contribution in [1.29, 1.82) is 0 Å². The van der Waals surface area contributed by atoms with E-state index in [1.54, 1.807) is 25.1 Å². The fraction of sp³-hybridized carbons (Fsp3) is 0.385. The zero-order valence-electron chi connectivity index (χ0n) is 10.9. The smallest absolute Gasteiger partial charge is 0.243 e. The van der Waals surface area contributed by atoms with E-state index >= 15 is 0 Å². The zero-order valence-corrected chi connectivity index (χ0v) is 11.6. The molecule has 0 spiro atoms. The van der Waals surface area contributed by atoms with Crippen molar-refractivity contribution in [3.05, 3.63) is 29.1 Å². The third-order valence-corrected chi connectivity index (χ3v) is 2.71. The van der Waals surface area contributed by atoms with Crippen LogP contribution in [0.15, 0.2) is 22.7 Å². The predicted octanol–water partition coefficient (Wildman–Crippen LogP) is 3.20. The molecule has 2 N–H and O–H groups in total. The molecule has 5 nitrogen and oxygen atoms in total. The van der Waals surface area contributed by atoms with Crippen LogP contribution in [0.1, 0.15) is 32.2 Å². The molecule has 1 aromatic heterocycles. The Hall–Kier alpha value is -1.59. The lowest BCUT2D eigenvalue weighted by Crippen LogP contribution is -2.05. The number of aromatic nitrogens is 2. The van der Waals surface area contributed by atoms with E-state index in [0.717, 1.165) is 6.42 Å². The van der Waals surface area contributed by atoms with E-state index in [-0.39, 0.29) is 6.04 Å². The molecule has 2 rings (SSSR count). The van der Waals surface area contributed by atoms with Crippen molar-refractivity contribution in [3.8, 4) is 17.1 Å². The Balaban J connectivity index is 2.37. The first-order valence-electron chi connectivity index (χ1n) is 6.13. The Morgan fingerprint density at radius 3 is 2.89 bits per heavy atom. The van der Waals surface area contributed by atoms with Gasteiger partial charge in [-0.05, 0) is 31.5 Å². The van der Waals surface area contributed by atoms with E-state index in [9.17, 15) is 0 Å². The Labute approximate surface area is 116 Å². The van der Waals surface area contributed by atoms with E-state index in [2.05, 4.69) is 10.1 Å². The van der Waals surface area contributed by atoms with Crippen molar-refractivity contribution in [3.63, 3.8) is 0 Å². The summed E-state index contributed by atoms with van der Waals surface area (Å²) in [6, 6.07) is 5.01. The molecule has 0 fully saturated rings. The number of halogens is 1. The van der Waals surface area contributed by atoms with Gasteiger partial charge in [-0.15, -0.1) is 0 Å². The van der Waals surface area contributed by atoms with Gasteiger partial charge in [-0.3, -0.25) is 0 Å². The molecule has 1 atom stereocenters. The minimum Gasteiger partial charge on any atom is -0.493 e. The molecule has 0 amide bonds. The van der Waals surface area contributed by atoms with Gasteiger partial charge < -0.3 is 15.0 Å². The van der Waals surface area contributed by atoms with Crippen LogP contribution in [0.25, 0.3) is 11.4 Å². The normalized spacial score (nSPS) is 12.4. The lowest BCUT2D eigenvalue weighted by molar-refractivity contribution is 0.318. The second-order valence-electron chi connectivity index (χ2n) is 4.23. The molecule has 19 heavy (non-hydrogen) atoms. The molecule has 1 aromatic carbocycles. The first-order chi connectivity index (χ1) is 9.11. The van der Waals surface area contributed by atoms with Crippen LogP contribution in [0, 0.1) is 0 Å². The van der Waals surface area contributed by atoms with E-state index in [0.29, 0.717) is 34.7 Å². The summed E-state index contributed by atoms with van der Waals surface area (Å²) in [6.45, 7) is 4.44. The first kappa shape index (κ1) is 13.8. The van der Waals surface area contributed by atoms with Crippen LogP contribution < -0.4 is 10.5 Å². The predicted molar refractivity (Wildman–Crippen MR) is 73.1 cm³/mol. The summed E-state index contributed by atoms with van der Waals surface area (Å²) in [6.07, 6.45) is 0.916. The Morgan fingerprint density at radius 2 is 2.26 bits per heavy atom. The van der Waals surface area contributed by atoms with Crippen molar-refractivity contribution < 1.29 is 9.26 Å². The third-order valence-electron chi connectivity index (χ3n) is 2.48. The van der Waals surface area contributed by atoms with Gasteiger partial charge in [0.05, 0.1) is 18.2 Å². The fourth-order valence-corrected chi connectivity index (χ4v) is 1.72. The molecule has 0 bridgehead atoms. The Morgan fingerprint density at radius 1 is 1.47 bits per heavy atom. The molecule has 6 heteroatoms. The molecular formula is C13H16ClN3O2. The molecule has 0 aliphatic rings. The lowest BCUT2D eigenvalue weighted by Gasteiger charge is -2.08. The van der Waals surface area contributed by atoms with Gasteiger partial charge in [0.25, 0.3) is 0 Å². The fourth-order valence-electron chi connectivity index (χ4n) is 1.54. The van der Waals surface area contributed by atoms with Gasteiger partial charge in [0.2, 0.25) is 11.7 Å². The van der Waals surface area contributed by atoms with Crippen molar-refractivity contribution in [2.24, 2.45) is 5.73 Å². The number of nitrogens with zero attached hydrogens (tertiary/aromatic N) is 2. The average molecular weight is 282 g/mol. The summed E-state index contributed by atoms with van der Waals surface area (Å²) < 4.78 is 10.7. The molecular weight excluding hydrogens is 266 g/mol. The maximum atomic E-state index is 6.00. The summed E-state index contributed by atoms with van der Waals surface area (Å²) in [5, 5.41) is 4.50. The first-order valence-corrected chi connectivity index (χ1v) is 6.51. The number of hydrogen-bond acceptors (Lipinski definition) is 5. The molecule has 0 aliphatic carbocycles. The van der Waals surface area contributed by atoms with E-state index in [1.165, 1.54) is 0 Å². The second-order valence-corrected chi connectivity index (χ2v) is 4.67. The van der Waals surface area contributed by atoms with Crippen LogP contribution in [0.5, 0.6) is 5.75 Å². The van der Waals surface area contributed by atoms with Gasteiger partial charge in [0, 0.05) is 5.02 Å². The van der Waals surface area contributed by atoms with Crippen LogP contribution in [-0.4, -0.2) is 16.7 Å². The highest BCUT2D eigenvalue weighted by Gasteiger charge is 2.16. The SMILES string of the molecule is CCCOc1ccc(Cl)cc1-c1noc([C@@H](C)N)n1. The molecule has 2 aromatic rings. The summed E-state index contributed by atoms with van der Waals surface area (Å²) >= 11 is 6.00. The monoisotopic (exact) mass is 281 g/mol. The summed E-state index contributed by atoms with van der Waals surface area (Å²) in [5.41, 5.74) is 6.40. The van der Waals surface area contributed by atoms with E-state index < -0.39 is 0 Å². The quantitative estimate of drug-likeness (QED) is 0.911. The maximum absolute atomic E-state index is 6.00. The number of benzene rings is 1. The molecule has 1 heterocycles. The van der Waals surface area contributed by atoms with Gasteiger partial charge in [-0.25, -0.2) is 0 Å². The highest BCUT2D eigenvalue weighted by atomic mass is 35.5. The van der Waals surface area contributed by atoms with Gasteiger partial charge in [-0.2, -0.15) is 4.98 Å². The molecule has 0 aliphatic heterocycles. The topological polar surface area (TPSA) is 74.2 Å².